The third kappa shape index (κ3) is 3.92. The summed E-state index contributed by atoms with van der Waals surface area (Å²) in [5.74, 6) is -0.476. The van der Waals surface area contributed by atoms with Crippen molar-refractivity contribution < 1.29 is 13.9 Å². The maximum absolute atomic E-state index is 13.3. The van der Waals surface area contributed by atoms with E-state index in [9.17, 15) is 9.18 Å². The highest BCUT2D eigenvalue weighted by Crippen LogP contribution is 2.17. The molecule has 1 unspecified atom stereocenters. The zero-order valence-electron chi connectivity index (χ0n) is 13.0. The number of halogens is 1. The first-order valence-electron chi connectivity index (χ1n) is 7.15. The number of methoxy groups -OCH3 is 1. The first-order chi connectivity index (χ1) is 10.5. The topological polar surface area (TPSA) is 38.3 Å². The van der Waals surface area contributed by atoms with Gasteiger partial charge in [0.25, 0.3) is 5.91 Å². The van der Waals surface area contributed by atoms with Crippen LogP contribution < -0.4 is 5.32 Å². The summed E-state index contributed by atoms with van der Waals surface area (Å²) in [7, 11) is 1.54. The van der Waals surface area contributed by atoms with Gasteiger partial charge < -0.3 is 10.1 Å². The molecule has 0 heterocycles. The molecule has 1 amide bonds. The molecule has 0 aliphatic carbocycles. The summed E-state index contributed by atoms with van der Waals surface area (Å²) in [4.78, 5) is 12.3. The summed E-state index contributed by atoms with van der Waals surface area (Å²) < 4.78 is 18.6. The van der Waals surface area contributed by atoms with Gasteiger partial charge in [0, 0.05) is 19.2 Å². The Kier molecular flexibility index (Phi) is 5.28. The van der Waals surface area contributed by atoms with Crippen molar-refractivity contribution in [1.82, 2.24) is 5.32 Å². The number of ether oxygens (including phenoxy) is 1. The van der Waals surface area contributed by atoms with Crippen molar-refractivity contribution in [3.05, 3.63) is 70.5 Å². The average Bonchev–Trinajstić information content (AvgIpc) is 2.47. The molecule has 1 atom stereocenters. The highest BCUT2D eigenvalue weighted by molar-refractivity contribution is 5.95. The van der Waals surface area contributed by atoms with Crippen molar-refractivity contribution in [3.8, 4) is 0 Å². The van der Waals surface area contributed by atoms with Gasteiger partial charge >= 0.3 is 0 Å². The molecule has 0 fully saturated rings. The van der Waals surface area contributed by atoms with E-state index in [0.29, 0.717) is 11.1 Å². The molecule has 0 spiro atoms. The third-order valence-corrected chi connectivity index (χ3v) is 3.58. The summed E-state index contributed by atoms with van der Waals surface area (Å²) in [5.41, 5.74) is 3.38. The number of carbonyl (C=O) groups excluding carboxylic acids is 1. The summed E-state index contributed by atoms with van der Waals surface area (Å²) in [5, 5.41) is 2.84. The van der Waals surface area contributed by atoms with Crippen LogP contribution in [0, 0.1) is 19.7 Å². The Hall–Kier alpha value is -2.20. The second-order valence-electron chi connectivity index (χ2n) is 5.31. The quantitative estimate of drug-likeness (QED) is 0.917. The van der Waals surface area contributed by atoms with E-state index in [-0.39, 0.29) is 24.4 Å². The van der Waals surface area contributed by atoms with Gasteiger partial charge in [-0.05, 0) is 43.2 Å². The summed E-state index contributed by atoms with van der Waals surface area (Å²) >= 11 is 0. The van der Waals surface area contributed by atoms with Crippen LogP contribution in [0.5, 0.6) is 0 Å². The van der Waals surface area contributed by atoms with Crippen LogP contribution >= 0.6 is 0 Å². The lowest BCUT2D eigenvalue weighted by Crippen LogP contribution is -2.29. The van der Waals surface area contributed by atoms with Crippen LogP contribution in [0.3, 0.4) is 0 Å². The fourth-order valence-corrected chi connectivity index (χ4v) is 2.39. The van der Waals surface area contributed by atoms with Crippen molar-refractivity contribution >= 4 is 5.91 Å². The normalized spacial score (nSPS) is 12.0. The highest BCUT2D eigenvalue weighted by atomic mass is 19.1. The lowest BCUT2D eigenvalue weighted by Gasteiger charge is -2.17. The maximum atomic E-state index is 13.3. The summed E-state index contributed by atoms with van der Waals surface area (Å²) in [6.45, 7) is 4.17. The largest absolute Gasteiger partial charge is 0.375 e. The van der Waals surface area contributed by atoms with E-state index in [0.717, 1.165) is 11.1 Å². The van der Waals surface area contributed by atoms with Crippen LogP contribution in [0.4, 0.5) is 4.39 Å². The molecular formula is C18H20FNO2. The zero-order valence-corrected chi connectivity index (χ0v) is 13.0. The lowest BCUT2D eigenvalue weighted by atomic mass is 10.0. The van der Waals surface area contributed by atoms with Crippen molar-refractivity contribution in [2.24, 2.45) is 0 Å². The highest BCUT2D eigenvalue weighted by Gasteiger charge is 2.14. The number of hydrogen-bond donors (Lipinski definition) is 1. The standard InChI is InChI=1S/C18H20FNO2/c1-12-7-8-16(13(2)9-12)18(21)20-11-17(22-3)14-5-4-6-15(19)10-14/h4-10,17H,11H2,1-3H3,(H,20,21). The zero-order chi connectivity index (χ0) is 16.1. The van der Waals surface area contributed by atoms with E-state index in [1.807, 2.05) is 32.0 Å². The van der Waals surface area contributed by atoms with Crippen molar-refractivity contribution in [1.29, 1.82) is 0 Å². The molecule has 2 aromatic carbocycles. The molecular weight excluding hydrogens is 281 g/mol. The molecule has 4 heteroatoms. The van der Waals surface area contributed by atoms with Gasteiger partial charge in [-0.15, -0.1) is 0 Å². The molecule has 116 valence electrons. The minimum absolute atomic E-state index is 0.157. The number of benzene rings is 2. The van der Waals surface area contributed by atoms with Gasteiger partial charge in [0.15, 0.2) is 0 Å². The van der Waals surface area contributed by atoms with Gasteiger partial charge in [0.2, 0.25) is 0 Å². The minimum atomic E-state index is -0.384. The first kappa shape index (κ1) is 16.2. The first-order valence-corrected chi connectivity index (χ1v) is 7.15. The Morgan fingerprint density at radius 1 is 1.23 bits per heavy atom. The minimum Gasteiger partial charge on any atom is -0.375 e. The maximum Gasteiger partial charge on any atom is 0.251 e. The Morgan fingerprint density at radius 2 is 2.00 bits per heavy atom. The molecule has 0 saturated heterocycles. The van der Waals surface area contributed by atoms with E-state index in [4.69, 9.17) is 4.74 Å². The molecule has 0 aromatic heterocycles. The van der Waals surface area contributed by atoms with E-state index in [1.165, 1.54) is 12.1 Å². The fraction of sp³-hybridized carbons (Fsp3) is 0.278. The molecule has 0 bridgehead atoms. The van der Waals surface area contributed by atoms with Crippen molar-refractivity contribution in [2.75, 3.05) is 13.7 Å². The van der Waals surface area contributed by atoms with Crippen LogP contribution in [0.25, 0.3) is 0 Å². The van der Waals surface area contributed by atoms with E-state index in [2.05, 4.69) is 5.32 Å². The molecule has 22 heavy (non-hydrogen) atoms. The summed E-state index contributed by atoms with van der Waals surface area (Å²) in [6.07, 6.45) is -0.384. The molecule has 3 nitrogen and oxygen atoms in total. The van der Waals surface area contributed by atoms with E-state index >= 15 is 0 Å². The number of hydrogen-bond acceptors (Lipinski definition) is 2. The van der Waals surface area contributed by atoms with Gasteiger partial charge in [0.05, 0.1) is 6.10 Å². The van der Waals surface area contributed by atoms with Crippen LogP contribution in [0.1, 0.15) is 33.2 Å². The predicted octanol–water partition coefficient (Wildman–Crippen LogP) is 3.56. The van der Waals surface area contributed by atoms with Gasteiger partial charge in [-0.2, -0.15) is 0 Å². The molecule has 1 N–H and O–H groups in total. The Labute approximate surface area is 130 Å². The van der Waals surface area contributed by atoms with Crippen LogP contribution in [-0.4, -0.2) is 19.6 Å². The van der Waals surface area contributed by atoms with E-state index < -0.39 is 0 Å². The number of amides is 1. The van der Waals surface area contributed by atoms with Gasteiger partial charge in [-0.1, -0.05) is 29.8 Å². The SMILES string of the molecule is COC(CNC(=O)c1ccc(C)cc1C)c1cccc(F)c1. The second kappa shape index (κ2) is 7.18. The predicted molar refractivity (Wildman–Crippen MR) is 84.4 cm³/mol. The number of rotatable bonds is 5. The number of nitrogens with one attached hydrogen (secondary N) is 1. The summed E-state index contributed by atoms with van der Waals surface area (Å²) in [6, 6.07) is 11.9. The average molecular weight is 301 g/mol. The monoisotopic (exact) mass is 301 g/mol. The Bertz CT molecular complexity index is 670. The Balaban J connectivity index is 2.05. The fourth-order valence-electron chi connectivity index (χ4n) is 2.39. The lowest BCUT2D eigenvalue weighted by molar-refractivity contribution is 0.0826. The Morgan fingerprint density at radius 3 is 2.64 bits per heavy atom. The van der Waals surface area contributed by atoms with Gasteiger partial charge in [-0.25, -0.2) is 4.39 Å². The number of carbonyl (C=O) groups is 1. The smallest absolute Gasteiger partial charge is 0.251 e. The van der Waals surface area contributed by atoms with Crippen LogP contribution in [-0.2, 0) is 4.74 Å². The molecule has 0 aliphatic rings. The van der Waals surface area contributed by atoms with Crippen LogP contribution in [0.2, 0.25) is 0 Å². The molecule has 0 saturated carbocycles. The molecule has 2 rings (SSSR count). The van der Waals surface area contributed by atoms with Crippen molar-refractivity contribution in [3.63, 3.8) is 0 Å². The molecule has 2 aromatic rings. The van der Waals surface area contributed by atoms with Crippen molar-refractivity contribution in [2.45, 2.75) is 20.0 Å². The second-order valence-corrected chi connectivity index (χ2v) is 5.31. The molecule has 0 radical (unpaired) electrons. The van der Waals surface area contributed by atoms with E-state index in [1.54, 1.807) is 19.2 Å². The third-order valence-electron chi connectivity index (χ3n) is 3.58. The van der Waals surface area contributed by atoms with Crippen LogP contribution in [0.15, 0.2) is 42.5 Å². The van der Waals surface area contributed by atoms with Gasteiger partial charge in [-0.3, -0.25) is 4.79 Å². The number of aryl methyl sites for hydroxylation is 2. The molecule has 0 aliphatic heterocycles. The van der Waals surface area contributed by atoms with Gasteiger partial charge in [0.1, 0.15) is 5.82 Å².